The third-order valence-electron chi connectivity index (χ3n) is 8.22. The molecule has 3 rings (SSSR count). The number of phenolic OH excluding ortho intramolecular Hbond substituents is 1. The summed E-state index contributed by atoms with van der Waals surface area (Å²) in [6, 6.07) is 8.71. The van der Waals surface area contributed by atoms with Gasteiger partial charge in [-0.1, -0.05) is 83.1 Å². The van der Waals surface area contributed by atoms with Gasteiger partial charge in [0.1, 0.15) is 31.0 Å². The molecule has 0 amide bonds. The number of hydrogen-bond donors (Lipinski definition) is 2. The Bertz CT molecular complexity index is 1370. The number of phenols is 1. The van der Waals surface area contributed by atoms with E-state index in [9.17, 15) is 15.0 Å². The molecule has 0 unspecified atom stereocenters. The van der Waals surface area contributed by atoms with Crippen LogP contribution in [0.4, 0.5) is 0 Å². The minimum absolute atomic E-state index is 0.00549. The van der Waals surface area contributed by atoms with Crippen LogP contribution in [0.2, 0.25) is 0 Å². The van der Waals surface area contributed by atoms with Crippen LogP contribution in [0, 0.1) is 0 Å². The first-order chi connectivity index (χ1) is 21.8. The van der Waals surface area contributed by atoms with E-state index in [0.717, 1.165) is 37.8 Å². The van der Waals surface area contributed by atoms with Crippen LogP contribution >= 0.6 is 23.5 Å². The van der Waals surface area contributed by atoms with Gasteiger partial charge in [0.2, 0.25) is 0 Å². The quantitative estimate of drug-likeness (QED) is 0.103. The Kier molecular flexibility index (Phi) is 12.5. The standard InChI is InChI=1S/C39H60O7S2/c1-16-43-22-45-33-31(41)29(46-34(33)42)21-44-32-27(37(8,9)10)19-24(20-28(32)38(11,12)13)48-39(14,15)47-23-17-25(35(2,3)4)30(40)26(18-23)36(5,6)7/h17-20,29,31,33,40-41H,16,21-22H2,1-15H3/t29-,31-,33-/m1/s1. The highest BCUT2D eigenvalue weighted by molar-refractivity contribution is 8.18. The van der Waals surface area contributed by atoms with Crippen LogP contribution in [0.15, 0.2) is 34.1 Å². The highest BCUT2D eigenvalue weighted by atomic mass is 32.2. The number of cyclic esters (lactones) is 1. The van der Waals surface area contributed by atoms with E-state index in [1.165, 1.54) is 0 Å². The Morgan fingerprint density at radius 1 is 0.729 bits per heavy atom. The molecule has 9 heteroatoms. The largest absolute Gasteiger partial charge is 0.507 e. The van der Waals surface area contributed by atoms with Gasteiger partial charge in [0, 0.05) is 38.7 Å². The number of hydrogen-bond acceptors (Lipinski definition) is 9. The summed E-state index contributed by atoms with van der Waals surface area (Å²) in [6.07, 6.45) is -3.14. The second kappa shape index (κ2) is 14.7. The molecule has 1 fully saturated rings. The highest BCUT2D eigenvalue weighted by Gasteiger charge is 2.45. The fourth-order valence-corrected chi connectivity index (χ4v) is 8.21. The van der Waals surface area contributed by atoms with Gasteiger partial charge in [-0.3, -0.25) is 0 Å². The van der Waals surface area contributed by atoms with E-state index in [0.29, 0.717) is 12.4 Å². The van der Waals surface area contributed by atoms with Crippen molar-refractivity contribution >= 4 is 29.5 Å². The highest BCUT2D eigenvalue weighted by Crippen LogP contribution is 2.51. The summed E-state index contributed by atoms with van der Waals surface area (Å²) in [6.45, 7) is 32.5. The number of ether oxygens (including phenoxy) is 4. The molecule has 2 aromatic carbocycles. The van der Waals surface area contributed by atoms with Crippen LogP contribution in [0.1, 0.15) is 126 Å². The van der Waals surface area contributed by atoms with E-state index in [-0.39, 0.29) is 39.1 Å². The smallest absolute Gasteiger partial charge is 0.338 e. The van der Waals surface area contributed by atoms with Crippen molar-refractivity contribution in [2.24, 2.45) is 0 Å². The molecular formula is C39H60O7S2. The van der Waals surface area contributed by atoms with Crippen molar-refractivity contribution in [3.05, 3.63) is 46.5 Å². The summed E-state index contributed by atoms with van der Waals surface area (Å²) in [7, 11) is 0. The maximum Gasteiger partial charge on any atom is 0.338 e. The molecule has 1 aliphatic rings. The van der Waals surface area contributed by atoms with Crippen molar-refractivity contribution in [1.82, 2.24) is 0 Å². The summed E-state index contributed by atoms with van der Waals surface area (Å²) in [5.41, 5.74) is 3.04. The SMILES string of the molecule is CCOCO[C@H]1C(=O)O[C@H](COc2c(C(C)(C)C)cc(SC(C)(C)Sc3cc(C(C)(C)C)c(O)c(C(C)(C)C)c3)cc2C(C)(C)C)[C@H]1O. The molecule has 1 aliphatic heterocycles. The molecule has 0 bridgehead atoms. The molecule has 1 heterocycles. The second-order valence-electron chi connectivity index (χ2n) is 17.3. The average Bonchev–Trinajstić information content (AvgIpc) is 3.17. The number of carbonyl (C=O) groups excluding carboxylic acids is 1. The Hall–Kier alpha value is -1.91. The first-order valence-corrected chi connectivity index (χ1v) is 18.5. The molecule has 0 aromatic heterocycles. The number of rotatable bonds is 11. The lowest BCUT2D eigenvalue weighted by molar-refractivity contribution is -0.158. The summed E-state index contributed by atoms with van der Waals surface area (Å²) in [4.78, 5) is 14.7. The van der Waals surface area contributed by atoms with Gasteiger partial charge < -0.3 is 29.2 Å². The molecule has 48 heavy (non-hydrogen) atoms. The number of aliphatic hydroxyl groups excluding tert-OH is 1. The Balaban J connectivity index is 1.98. The maximum atomic E-state index is 12.5. The zero-order chi connectivity index (χ0) is 36.6. The molecule has 270 valence electrons. The molecule has 1 saturated heterocycles. The summed E-state index contributed by atoms with van der Waals surface area (Å²) >= 11 is 3.60. The Labute approximate surface area is 298 Å². The van der Waals surface area contributed by atoms with Gasteiger partial charge >= 0.3 is 5.97 Å². The van der Waals surface area contributed by atoms with Crippen molar-refractivity contribution in [1.29, 1.82) is 0 Å². The van der Waals surface area contributed by atoms with Crippen molar-refractivity contribution < 1.29 is 34.0 Å². The summed E-state index contributed by atoms with van der Waals surface area (Å²) in [5, 5.41) is 22.1. The number of esters is 1. The molecule has 7 nitrogen and oxygen atoms in total. The van der Waals surface area contributed by atoms with Gasteiger partial charge in [0.15, 0.2) is 12.2 Å². The minimum Gasteiger partial charge on any atom is -0.507 e. The van der Waals surface area contributed by atoms with Crippen molar-refractivity contribution in [2.75, 3.05) is 20.0 Å². The lowest BCUT2D eigenvalue weighted by Crippen LogP contribution is -2.37. The molecule has 3 atom stereocenters. The van der Waals surface area contributed by atoms with Crippen LogP contribution in [-0.2, 0) is 40.7 Å². The number of thioether (sulfide) groups is 2. The number of benzene rings is 2. The van der Waals surface area contributed by atoms with Gasteiger partial charge in [-0.2, -0.15) is 0 Å². The monoisotopic (exact) mass is 704 g/mol. The van der Waals surface area contributed by atoms with E-state index >= 15 is 0 Å². The first kappa shape index (κ1) is 40.5. The van der Waals surface area contributed by atoms with Gasteiger partial charge in [-0.05, 0) is 66.7 Å². The second-order valence-corrected chi connectivity index (χ2v) is 20.9. The van der Waals surface area contributed by atoms with Crippen LogP contribution < -0.4 is 4.74 Å². The maximum absolute atomic E-state index is 12.5. The van der Waals surface area contributed by atoms with Crippen LogP contribution in [0.3, 0.4) is 0 Å². The molecule has 0 spiro atoms. The fraction of sp³-hybridized carbons (Fsp3) is 0.667. The zero-order valence-electron chi connectivity index (χ0n) is 31.9. The van der Waals surface area contributed by atoms with E-state index in [1.54, 1.807) is 23.5 Å². The van der Waals surface area contributed by atoms with Crippen molar-refractivity contribution in [3.63, 3.8) is 0 Å². The van der Waals surface area contributed by atoms with Crippen molar-refractivity contribution in [2.45, 2.75) is 158 Å². The lowest BCUT2D eigenvalue weighted by atomic mass is 9.79. The molecule has 0 radical (unpaired) electrons. The van der Waals surface area contributed by atoms with Gasteiger partial charge in [0.05, 0.1) is 4.08 Å². The summed E-state index contributed by atoms with van der Waals surface area (Å²) in [5.74, 6) is 0.514. The third kappa shape index (κ3) is 10.1. The van der Waals surface area contributed by atoms with Crippen LogP contribution in [-0.4, -0.2) is 58.6 Å². The number of carbonyl (C=O) groups is 1. The van der Waals surface area contributed by atoms with E-state index in [4.69, 9.17) is 18.9 Å². The van der Waals surface area contributed by atoms with Gasteiger partial charge in [-0.25, -0.2) is 4.79 Å². The third-order valence-corrected chi connectivity index (χ3v) is 10.6. The first-order valence-electron chi connectivity index (χ1n) is 16.9. The molecule has 0 saturated carbocycles. The van der Waals surface area contributed by atoms with Gasteiger partial charge in [0.25, 0.3) is 0 Å². The molecule has 2 aromatic rings. The van der Waals surface area contributed by atoms with Gasteiger partial charge in [-0.15, -0.1) is 23.5 Å². The van der Waals surface area contributed by atoms with E-state index in [1.807, 2.05) is 6.92 Å². The Morgan fingerprint density at radius 2 is 1.15 bits per heavy atom. The molecule has 0 aliphatic carbocycles. The number of aromatic hydroxyl groups is 1. The lowest BCUT2D eigenvalue weighted by Gasteiger charge is -2.33. The zero-order valence-corrected chi connectivity index (χ0v) is 33.5. The van der Waals surface area contributed by atoms with Crippen LogP contribution in [0.5, 0.6) is 11.5 Å². The topological polar surface area (TPSA) is 94.5 Å². The predicted molar refractivity (Wildman–Crippen MR) is 198 cm³/mol. The Morgan fingerprint density at radius 3 is 1.54 bits per heavy atom. The van der Waals surface area contributed by atoms with E-state index < -0.39 is 24.3 Å². The predicted octanol–water partition coefficient (Wildman–Crippen LogP) is 9.25. The normalized spacial score (nSPS) is 19.5. The molecule has 2 N–H and O–H groups in total. The van der Waals surface area contributed by atoms with Crippen molar-refractivity contribution in [3.8, 4) is 11.5 Å². The number of aliphatic hydroxyl groups is 1. The van der Waals surface area contributed by atoms with Crippen LogP contribution in [0.25, 0.3) is 0 Å². The molecular weight excluding hydrogens is 645 g/mol. The van der Waals surface area contributed by atoms with E-state index in [2.05, 4.69) is 121 Å². The fourth-order valence-electron chi connectivity index (χ4n) is 5.62. The summed E-state index contributed by atoms with van der Waals surface area (Å²) < 4.78 is 22.4. The minimum atomic E-state index is -1.17. The average molecular weight is 705 g/mol.